The Morgan fingerprint density at radius 1 is 1.57 bits per heavy atom. The van der Waals surface area contributed by atoms with E-state index < -0.39 is 9.84 Å². The molecule has 78 valence electrons. The van der Waals surface area contributed by atoms with E-state index in [1.54, 1.807) is 0 Å². The van der Waals surface area contributed by atoms with Crippen LogP contribution in [0.15, 0.2) is 10.9 Å². The van der Waals surface area contributed by atoms with Gasteiger partial charge in [0, 0.05) is 18.9 Å². The van der Waals surface area contributed by atoms with E-state index in [-0.39, 0.29) is 23.7 Å². The molecule has 1 aromatic heterocycles. The molecular weight excluding hydrogens is 206 g/mol. The molecule has 0 radical (unpaired) electrons. The van der Waals surface area contributed by atoms with Crippen LogP contribution in [-0.4, -0.2) is 24.6 Å². The van der Waals surface area contributed by atoms with Crippen LogP contribution in [0.5, 0.6) is 0 Å². The van der Waals surface area contributed by atoms with Crippen molar-refractivity contribution in [3.63, 3.8) is 0 Å². The van der Waals surface area contributed by atoms with E-state index in [4.69, 9.17) is 5.73 Å². The van der Waals surface area contributed by atoms with Crippen LogP contribution >= 0.6 is 0 Å². The van der Waals surface area contributed by atoms with E-state index in [1.807, 2.05) is 0 Å². The fraction of sp³-hybridized carbons (Fsp3) is 0.429. The second-order valence-electron chi connectivity index (χ2n) is 2.96. The highest BCUT2D eigenvalue weighted by atomic mass is 32.2. The van der Waals surface area contributed by atoms with Crippen molar-refractivity contribution in [2.24, 2.45) is 5.73 Å². The molecule has 6 nitrogen and oxygen atoms in total. The number of aromatic nitrogens is 2. The van der Waals surface area contributed by atoms with E-state index in [0.29, 0.717) is 5.69 Å². The van der Waals surface area contributed by atoms with Gasteiger partial charge in [0.1, 0.15) is 11.6 Å². The van der Waals surface area contributed by atoms with E-state index in [9.17, 15) is 13.2 Å². The maximum atomic E-state index is 11.0. The van der Waals surface area contributed by atoms with Gasteiger partial charge >= 0.3 is 0 Å². The van der Waals surface area contributed by atoms with Crippen molar-refractivity contribution in [1.29, 1.82) is 0 Å². The molecule has 0 unspecified atom stereocenters. The summed E-state index contributed by atoms with van der Waals surface area (Å²) in [4.78, 5) is 17.2. The Balaban J connectivity index is 3.10. The minimum Gasteiger partial charge on any atom is -0.325 e. The number of nitrogens with two attached hydrogens (primary N) is 1. The highest BCUT2D eigenvalue weighted by Crippen LogP contribution is 1.97. The predicted octanol–water partition coefficient (Wildman–Crippen LogP) is -1.23. The van der Waals surface area contributed by atoms with Crippen molar-refractivity contribution in [2.75, 3.05) is 6.26 Å². The van der Waals surface area contributed by atoms with Gasteiger partial charge in [-0.1, -0.05) is 0 Å². The number of nitrogens with zero attached hydrogens (tertiary/aromatic N) is 1. The molecule has 1 rings (SSSR count). The molecule has 1 heterocycles. The van der Waals surface area contributed by atoms with Crippen molar-refractivity contribution in [1.82, 2.24) is 9.97 Å². The van der Waals surface area contributed by atoms with Gasteiger partial charge in [0.15, 0.2) is 9.84 Å². The minimum absolute atomic E-state index is 0.112. The SMILES string of the molecule is CS(=O)(=O)Cc1nc(CN)cc(=O)[nH]1. The van der Waals surface area contributed by atoms with Gasteiger partial charge in [0.2, 0.25) is 0 Å². The number of H-pyrrole nitrogens is 1. The van der Waals surface area contributed by atoms with E-state index in [1.165, 1.54) is 6.07 Å². The molecular formula is C7H11N3O3S. The number of sulfone groups is 1. The minimum atomic E-state index is -3.19. The molecule has 1 aromatic rings. The zero-order chi connectivity index (χ0) is 10.8. The molecule has 7 heteroatoms. The number of rotatable bonds is 3. The zero-order valence-electron chi connectivity index (χ0n) is 7.65. The number of aromatic amines is 1. The summed E-state index contributed by atoms with van der Waals surface area (Å²) in [5.41, 5.74) is 5.28. The van der Waals surface area contributed by atoms with Crippen LogP contribution in [0, 0.1) is 0 Å². The molecule has 0 spiro atoms. The van der Waals surface area contributed by atoms with Gasteiger partial charge in [-0.05, 0) is 0 Å². The van der Waals surface area contributed by atoms with Gasteiger partial charge in [0.05, 0.1) is 5.69 Å². The fourth-order valence-electron chi connectivity index (χ4n) is 0.984. The molecule has 3 N–H and O–H groups in total. The average molecular weight is 217 g/mol. The molecule has 0 aliphatic carbocycles. The summed E-state index contributed by atoms with van der Waals surface area (Å²) in [5, 5.41) is 0. The second kappa shape index (κ2) is 3.89. The van der Waals surface area contributed by atoms with Gasteiger partial charge in [-0.3, -0.25) is 4.79 Å². The lowest BCUT2D eigenvalue weighted by Crippen LogP contribution is -2.17. The maximum absolute atomic E-state index is 11.0. The summed E-state index contributed by atoms with van der Waals surface area (Å²) in [6, 6.07) is 1.24. The largest absolute Gasteiger partial charge is 0.325 e. The first-order valence-corrected chi connectivity index (χ1v) is 5.93. The molecule has 0 fully saturated rings. The summed E-state index contributed by atoms with van der Waals surface area (Å²) in [7, 11) is -3.19. The van der Waals surface area contributed by atoms with Crippen LogP contribution in [-0.2, 0) is 22.1 Å². The maximum Gasteiger partial charge on any atom is 0.251 e. The molecule has 0 aliphatic rings. The zero-order valence-corrected chi connectivity index (χ0v) is 8.47. The van der Waals surface area contributed by atoms with Crippen molar-refractivity contribution < 1.29 is 8.42 Å². The standard InChI is InChI=1S/C7H11N3O3S/c1-14(12,13)4-6-9-5(3-8)2-7(11)10-6/h2H,3-4,8H2,1H3,(H,9,10,11). The second-order valence-corrected chi connectivity index (χ2v) is 5.10. The Bertz CT molecular complexity index is 477. The highest BCUT2D eigenvalue weighted by Gasteiger charge is 2.07. The lowest BCUT2D eigenvalue weighted by Gasteiger charge is -2.00. The fourth-order valence-corrected chi connectivity index (χ4v) is 1.62. The number of nitrogens with one attached hydrogen (secondary N) is 1. The third-order valence-corrected chi connectivity index (χ3v) is 2.25. The smallest absolute Gasteiger partial charge is 0.251 e. The van der Waals surface area contributed by atoms with E-state index in [2.05, 4.69) is 9.97 Å². The first-order valence-electron chi connectivity index (χ1n) is 3.87. The van der Waals surface area contributed by atoms with Crippen molar-refractivity contribution in [2.45, 2.75) is 12.3 Å². The number of hydrogen-bond donors (Lipinski definition) is 2. The van der Waals surface area contributed by atoms with Gasteiger partial charge < -0.3 is 10.7 Å². The van der Waals surface area contributed by atoms with Gasteiger partial charge in [-0.15, -0.1) is 0 Å². The molecule has 0 saturated heterocycles. The van der Waals surface area contributed by atoms with Crippen molar-refractivity contribution >= 4 is 9.84 Å². The monoisotopic (exact) mass is 217 g/mol. The van der Waals surface area contributed by atoms with Gasteiger partial charge in [0.25, 0.3) is 5.56 Å². The Kier molecular flexibility index (Phi) is 3.02. The Morgan fingerprint density at radius 2 is 2.21 bits per heavy atom. The summed E-state index contributed by atoms with van der Waals surface area (Å²) >= 11 is 0. The summed E-state index contributed by atoms with van der Waals surface area (Å²) in [6.07, 6.45) is 1.07. The molecule has 0 bridgehead atoms. The summed E-state index contributed by atoms with van der Waals surface area (Å²) < 4.78 is 21.8. The molecule has 0 amide bonds. The predicted molar refractivity (Wildman–Crippen MR) is 51.3 cm³/mol. The van der Waals surface area contributed by atoms with E-state index in [0.717, 1.165) is 6.26 Å². The van der Waals surface area contributed by atoms with Crippen LogP contribution in [0.1, 0.15) is 11.5 Å². The first kappa shape index (κ1) is 10.9. The van der Waals surface area contributed by atoms with Crippen molar-refractivity contribution in [3.05, 3.63) is 27.9 Å². The van der Waals surface area contributed by atoms with Crippen LogP contribution in [0.25, 0.3) is 0 Å². The number of hydrogen-bond acceptors (Lipinski definition) is 5. The molecule has 0 aromatic carbocycles. The summed E-state index contributed by atoms with van der Waals surface area (Å²) in [5.74, 6) is -0.156. The quantitative estimate of drug-likeness (QED) is 0.659. The average Bonchev–Trinajstić information content (AvgIpc) is 1.99. The third-order valence-electron chi connectivity index (χ3n) is 1.45. The lowest BCUT2D eigenvalue weighted by atomic mass is 10.4. The first-order chi connectivity index (χ1) is 6.40. The van der Waals surface area contributed by atoms with Gasteiger partial charge in [-0.2, -0.15) is 0 Å². The van der Waals surface area contributed by atoms with Gasteiger partial charge in [-0.25, -0.2) is 13.4 Å². The van der Waals surface area contributed by atoms with E-state index >= 15 is 0 Å². The topological polar surface area (TPSA) is 106 Å². The van der Waals surface area contributed by atoms with Crippen LogP contribution in [0.3, 0.4) is 0 Å². The summed E-state index contributed by atoms with van der Waals surface area (Å²) in [6.45, 7) is 0.112. The normalized spacial score (nSPS) is 11.6. The van der Waals surface area contributed by atoms with Crippen LogP contribution in [0.4, 0.5) is 0 Å². The Hall–Kier alpha value is -1.21. The van der Waals surface area contributed by atoms with Crippen molar-refractivity contribution in [3.8, 4) is 0 Å². The van der Waals surface area contributed by atoms with Crippen LogP contribution < -0.4 is 11.3 Å². The molecule has 0 atom stereocenters. The molecule has 0 saturated carbocycles. The third kappa shape index (κ3) is 3.27. The lowest BCUT2D eigenvalue weighted by molar-refractivity contribution is 0.599. The molecule has 0 aliphatic heterocycles. The highest BCUT2D eigenvalue weighted by molar-refractivity contribution is 7.89. The molecule has 14 heavy (non-hydrogen) atoms. The Morgan fingerprint density at radius 3 is 2.71 bits per heavy atom. The Labute approximate surface area is 81.1 Å². The van der Waals surface area contributed by atoms with Crippen LogP contribution in [0.2, 0.25) is 0 Å².